The number of hydrogen-bond acceptors (Lipinski definition) is 8. The van der Waals surface area contributed by atoms with Crippen molar-refractivity contribution in [1.82, 2.24) is 18.3 Å². The number of aromatic hydroxyl groups is 4. The smallest absolute Gasteiger partial charge is 0.258 e. The summed E-state index contributed by atoms with van der Waals surface area (Å²) < 4.78 is 19.9. The molecule has 12 rings (SSSR count). The molecule has 0 saturated heterocycles. The van der Waals surface area contributed by atoms with E-state index in [1.165, 1.54) is 33.4 Å². The van der Waals surface area contributed by atoms with Gasteiger partial charge in [-0.1, -0.05) is 47.0 Å². The summed E-state index contributed by atoms with van der Waals surface area (Å²) in [5.41, 5.74) is 6.94. The van der Waals surface area contributed by atoms with Gasteiger partial charge in [-0.3, -0.25) is 19.2 Å². The average Bonchev–Trinajstić information content (AvgIpc) is 3.39. The highest BCUT2D eigenvalue weighted by atomic mass is 35.5. The third-order valence-electron chi connectivity index (χ3n) is 14.2. The Morgan fingerprint density at radius 3 is 1.14 bits per heavy atom. The topological polar surface area (TPSA) is 169 Å². The molecule has 0 bridgehead atoms. The van der Waals surface area contributed by atoms with E-state index in [0.29, 0.717) is 48.7 Å². The zero-order chi connectivity index (χ0) is 54.9. The predicted octanol–water partition coefficient (Wildman–Crippen LogP) is 12.6. The maximum atomic E-state index is 13.7. The zero-order valence-electron chi connectivity index (χ0n) is 42.9. The number of hydrogen-bond donors (Lipinski definition) is 4. The number of aryl methyl sites for hydroxylation is 9. The van der Waals surface area contributed by atoms with Gasteiger partial charge in [0.1, 0.15) is 28.8 Å². The SMILES string of the molecule is Cc1cc2c(=O)n(C)c3cc(O)ccc3c2cc1C.Cc1cc2c(=O)n(C)c3cc(O)ccc3c2cc1Cl.Cc1cc2c(=O)n(C)c3cc(O)ccc3c2cc1F.Cc1ccc2c(c1)c(=O)n(C)c1cc(O)c(Cl)cc21. The zero-order valence-corrected chi connectivity index (χ0v) is 44.4. The molecule has 0 aliphatic carbocycles. The third-order valence-corrected chi connectivity index (χ3v) is 14.9. The van der Waals surface area contributed by atoms with Crippen LogP contribution in [-0.4, -0.2) is 38.7 Å². The van der Waals surface area contributed by atoms with Gasteiger partial charge >= 0.3 is 0 Å². The van der Waals surface area contributed by atoms with Gasteiger partial charge in [0.25, 0.3) is 22.2 Å². The van der Waals surface area contributed by atoms with E-state index in [0.717, 1.165) is 70.9 Å². The van der Waals surface area contributed by atoms with Crippen molar-refractivity contribution in [3.05, 3.63) is 206 Å². The van der Waals surface area contributed by atoms with E-state index >= 15 is 0 Å². The van der Waals surface area contributed by atoms with Gasteiger partial charge < -0.3 is 38.7 Å². The average molecular weight is 1060 g/mol. The number of pyridine rings is 4. The Morgan fingerprint density at radius 1 is 0.342 bits per heavy atom. The van der Waals surface area contributed by atoms with Crippen LogP contribution in [0.15, 0.2) is 141 Å². The molecule has 0 radical (unpaired) electrons. The van der Waals surface area contributed by atoms with Crippen LogP contribution >= 0.6 is 23.2 Å². The number of fused-ring (bicyclic) bond motifs is 12. The molecule has 12 aromatic rings. The molecule has 0 atom stereocenters. The van der Waals surface area contributed by atoms with Gasteiger partial charge in [0.05, 0.1) is 27.1 Å². The normalized spacial score (nSPS) is 11.3. The lowest BCUT2D eigenvalue weighted by Crippen LogP contribution is -2.17. The maximum absolute atomic E-state index is 13.7. The second kappa shape index (κ2) is 19.9. The van der Waals surface area contributed by atoms with Crippen LogP contribution in [0.25, 0.3) is 86.7 Å². The first-order valence-corrected chi connectivity index (χ1v) is 24.7. The second-order valence-corrected chi connectivity index (χ2v) is 20.0. The molecule has 0 unspecified atom stereocenters. The summed E-state index contributed by atoms with van der Waals surface area (Å²) in [6.45, 7) is 9.51. The van der Waals surface area contributed by atoms with Crippen LogP contribution in [0.4, 0.5) is 4.39 Å². The summed E-state index contributed by atoms with van der Waals surface area (Å²) in [5.74, 6) is 0.0333. The van der Waals surface area contributed by atoms with Gasteiger partial charge in [0, 0.05) is 101 Å². The summed E-state index contributed by atoms with van der Waals surface area (Å²) >= 11 is 12.1. The number of halogens is 3. The van der Waals surface area contributed by atoms with Gasteiger partial charge in [-0.05, 0) is 157 Å². The fourth-order valence-electron chi connectivity index (χ4n) is 9.73. The van der Waals surface area contributed by atoms with Crippen molar-refractivity contribution in [1.29, 1.82) is 0 Å². The van der Waals surface area contributed by atoms with Gasteiger partial charge in [-0.25, -0.2) is 4.39 Å². The predicted molar refractivity (Wildman–Crippen MR) is 307 cm³/mol. The number of nitrogens with zero attached hydrogens (tertiary/aromatic N) is 4. The van der Waals surface area contributed by atoms with E-state index in [-0.39, 0.29) is 56.1 Å². The first-order valence-electron chi connectivity index (χ1n) is 23.9. The number of rotatable bonds is 0. The molecule has 0 fully saturated rings. The van der Waals surface area contributed by atoms with Crippen molar-refractivity contribution in [2.75, 3.05) is 0 Å². The van der Waals surface area contributed by atoms with E-state index in [1.54, 1.807) is 92.8 Å². The number of phenols is 4. The minimum Gasteiger partial charge on any atom is -0.508 e. The molecule has 15 heteroatoms. The Morgan fingerprint density at radius 2 is 0.684 bits per heavy atom. The van der Waals surface area contributed by atoms with Gasteiger partial charge in [0.15, 0.2) is 0 Å². The fourth-order valence-corrected chi connectivity index (χ4v) is 10.1. The summed E-state index contributed by atoms with van der Waals surface area (Å²) in [5, 5.41) is 48.5. The lowest BCUT2D eigenvalue weighted by Gasteiger charge is -2.11. The van der Waals surface area contributed by atoms with Crippen molar-refractivity contribution in [3.63, 3.8) is 0 Å². The van der Waals surface area contributed by atoms with Crippen LogP contribution in [0.2, 0.25) is 10.0 Å². The monoisotopic (exact) mass is 1060 g/mol. The van der Waals surface area contributed by atoms with Crippen LogP contribution < -0.4 is 22.2 Å². The quantitative estimate of drug-likeness (QED) is 0.109. The van der Waals surface area contributed by atoms with Crippen LogP contribution in [0.5, 0.6) is 23.0 Å². The van der Waals surface area contributed by atoms with Crippen molar-refractivity contribution in [2.24, 2.45) is 28.2 Å². The largest absolute Gasteiger partial charge is 0.508 e. The number of benzene rings is 8. The Bertz CT molecular complexity index is 4360. The minimum atomic E-state index is -0.338. The summed E-state index contributed by atoms with van der Waals surface area (Å²) in [7, 11) is 6.77. The fraction of sp³-hybridized carbons (Fsp3) is 0.148. The Labute approximate surface area is 443 Å². The molecule has 0 amide bonds. The van der Waals surface area contributed by atoms with Gasteiger partial charge in [0.2, 0.25) is 0 Å². The molecule has 0 aliphatic heterocycles. The highest BCUT2D eigenvalue weighted by molar-refractivity contribution is 6.33. The molecule has 384 valence electrons. The third kappa shape index (κ3) is 9.22. The molecular formula is C61H51Cl2FN4O8. The van der Waals surface area contributed by atoms with Crippen molar-refractivity contribution in [3.8, 4) is 23.0 Å². The summed E-state index contributed by atoms with van der Waals surface area (Å²) in [6, 6.07) is 34.4. The molecule has 4 N–H and O–H groups in total. The molecule has 4 aromatic heterocycles. The van der Waals surface area contributed by atoms with E-state index < -0.39 is 0 Å². The Balaban J connectivity index is 0.000000124. The molecule has 4 heterocycles. The maximum Gasteiger partial charge on any atom is 0.258 e. The van der Waals surface area contributed by atoms with Gasteiger partial charge in [-0.15, -0.1) is 0 Å². The standard InChI is InChI=1S/C16H15NO2.2C15H12ClNO2.C15H12FNO2/c1-9-6-13-12-5-4-11(18)8-15(12)17(3)16(19)14(13)7-10(9)2;1-8-5-12-11(7-13(8)16)10-4-3-9(18)6-14(10)17(2)15(12)19;1-8-3-4-9-10-6-12(16)14(18)7-13(10)17(2)15(19)11(9)5-8;1-8-5-12-11(7-13(8)16)10-4-3-9(18)6-14(10)17(2)15(12)19/h4-8,18H,1-3H3;3*3-7,18H,1-2H3. The number of aromatic nitrogens is 4. The lowest BCUT2D eigenvalue weighted by molar-refractivity contribution is 0.475. The van der Waals surface area contributed by atoms with E-state index in [9.17, 15) is 44.0 Å². The van der Waals surface area contributed by atoms with E-state index in [2.05, 4.69) is 0 Å². The van der Waals surface area contributed by atoms with Crippen molar-refractivity contribution in [2.45, 2.75) is 34.6 Å². The Kier molecular flexibility index (Phi) is 13.7. The lowest BCUT2D eigenvalue weighted by atomic mass is 10.0. The van der Waals surface area contributed by atoms with Crippen LogP contribution in [-0.2, 0) is 28.2 Å². The second-order valence-electron chi connectivity index (χ2n) is 19.2. The van der Waals surface area contributed by atoms with E-state index in [1.807, 2.05) is 76.2 Å². The minimum absolute atomic E-state index is 0.0179. The van der Waals surface area contributed by atoms with Gasteiger partial charge in [-0.2, -0.15) is 0 Å². The van der Waals surface area contributed by atoms with Crippen molar-refractivity contribution < 1.29 is 24.8 Å². The Hall–Kier alpha value is -8.65. The van der Waals surface area contributed by atoms with Crippen LogP contribution in [0.1, 0.15) is 27.8 Å². The number of phenolic OH excluding ortho intramolecular Hbond substituents is 4. The molecule has 0 spiro atoms. The van der Waals surface area contributed by atoms with Crippen LogP contribution in [0.3, 0.4) is 0 Å². The highest BCUT2D eigenvalue weighted by Gasteiger charge is 2.15. The first kappa shape index (κ1) is 52.2. The molecular weight excluding hydrogens is 1010 g/mol. The van der Waals surface area contributed by atoms with Crippen LogP contribution in [0, 0.1) is 40.4 Å². The molecule has 76 heavy (non-hydrogen) atoms. The molecule has 0 saturated carbocycles. The van der Waals surface area contributed by atoms with Crippen molar-refractivity contribution >= 4 is 110 Å². The highest BCUT2D eigenvalue weighted by Crippen LogP contribution is 2.34. The molecule has 12 nitrogen and oxygen atoms in total. The first-order chi connectivity index (χ1) is 35.9. The molecule has 8 aromatic carbocycles. The van der Waals surface area contributed by atoms with E-state index in [4.69, 9.17) is 23.2 Å². The summed E-state index contributed by atoms with van der Waals surface area (Å²) in [6.07, 6.45) is 0. The summed E-state index contributed by atoms with van der Waals surface area (Å²) in [4.78, 5) is 49.4. The molecule has 0 aliphatic rings.